The molecule has 1 N–H and O–H groups in total. The number of hydrogen-bond donors (Lipinski definition) is 1. The van der Waals surface area contributed by atoms with Crippen molar-refractivity contribution >= 4 is 15.9 Å². The molecule has 2 aromatic carbocycles. The van der Waals surface area contributed by atoms with Gasteiger partial charge in [0.2, 0.25) is 0 Å². The molecule has 0 bridgehead atoms. The molecule has 4 nitrogen and oxygen atoms in total. The first kappa shape index (κ1) is 15.8. The van der Waals surface area contributed by atoms with Gasteiger partial charge in [0.1, 0.15) is 0 Å². The van der Waals surface area contributed by atoms with Crippen LogP contribution in [0.3, 0.4) is 0 Å². The molecule has 0 heterocycles. The molecule has 0 radical (unpaired) electrons. The Bertz CT molecular complexity index is 860. The highest BCUT2D eigenvalue weighted by Gasteiger charge is 2.16. The molecule has 0 aliphatic heterocycles. The standard InChI is InChI=1S/C17H15NO3S/c1-13-8-10-16(12-14(13)2)22(20,21)18-17(19)11-9-15-6-4-3-5-7-15/h3-8,10,12H,1-2H3,(H,18,19). The molecule has 5 heteroatoms. The molecule has 2 aromatic rings. The lowest BCUT2D eigenvalue weighted by atomic mass is 10.1. The second kappa shape index (κ2) is 6.46. The van der Waals surface area contributed by atoms with Gasteiger partial charge in [0, 0.05) is 11.5 Å². The van der Waals surface area contributed by atoms with E-state index >= 15 is 0 Å². The van der Waals surface area contributed by atoms with Crippen molar-refractivity contribution in [3.63, 3.8) is 0 Å². The zero-order valence-electron chi connectivity index (χ0n) is 12.3. The summed E-state index contributed by atoms with van der Waals surface area (Å²) >= 11 is 0. The van der Waals surface area contributed by atoms with Gasteiger partial charge in [-0.3, -0.25) is 4.79 Å². The Kier molecular flexibility index (Phi) is 4.64. The van der Waals surface area contributed by atoms with Crippen molar-refractivity contribution in [1.29, 1.82) is 0 Å². The van der Waals surface area contributed by atoms with Crippen LogP contribution in [-0.4, -0.2) is 14.3 Å². The van der Waals surface area contributed by atoms with Crippen molar-refractivity contribution < 1.29 is 13.2 Å². The smallest absolute Gasteiger partial charge is 0.258 e. The van der Waals surface area contributed by atoms with E-state index in [2.05, 4.69) is 11.8 Å². The minimum atomic E-state index is -3.91. The number of hydrogen-bond acceptors (Lipinski definition) is 3. The molecule has 2 rings (SSSR count). The largest absolute Gasteiger partial charge is 0.309 e. The predicted molar refractivity (Wildman–Crippen MR) is 84.6 cm³/mol. The summed E-state index contributed by atoms with van der Waals surface area (Å²) in [5, 5.41) is 0. The Morgan fingerprint density at radius 3 is 2.32 bits per heavy atom. The van der Waals surface area contributed by atoms with Crippen LogP contribution in [0.2, 0.25) is 0 Å². The Hall–Kier alpha value is -2.58. The molecular formula is C17H15NO3S. The second-order valence-electron chi connectivity index (χ2n) is 4.80. The lowest BCUT2D eigenvalue weighted by Gasteiger charge is -2.06. The summed E-state index contributed by atoms with van der Waals surface area (Å²) in [4.78, 5) is 11.7. The van der Waals surface area contributed by atoms with Crippen LogP contribution in [0, 0.1) is 25.7 Å². The summed E-state index contributed by atoms with van der Waals surface area (Å²) in [5.41, 5.74) is 2.46. The van der Waals surface area contributed by atoms with E-state index in [-0.39, 0.29) is 4.90 Å². The maximum atomic E-state index is 12.1. The molecule has 0 aliphatic carbocycles. The van der Waals surface area contributed by atoms with Gasteiger partial charge in [-0.25, -0.2) is 13.1 Å². The van der Waals surface area contributed by atoms with Crippen LogP contribution in [-0.2, 0) is 14.8 Å². The SMILES string of the molecule is Cc1ccc(S(=O)(=O)NC(=O)C#Cc2ccccc2)cc1C. The van der Waals surface area contributed by atoms with Gasteiger partial charge >= 0.3 is 5.91 Å². The van der Waals surface area contributed by atoms with Crippen LogP contribution in [0.25, 0.3) is 0 Å². The van der Waals surface area contributed by atoms with Crippen LogP contribution in [0.15, 0.2) is 53.4 Å². The van der Waals surface area contributed by atoms with Crippen LogP contribution in [0.1, 0.15) is 16.7 Å². The first-order valence-electron chi connectivity index (χ1n) is 6.59. The molecule has 0 aromatic heterocycles. The fraction of sp³-hybridized carbons (Fsp3) is 0.118. The fourth-order valence-corrected chi connectivity index (χ4v) is 2.73. The van der Waals surface area contributed by atoms with E-state index in [0.717, 1.165) is 11.1 Å². The number of rotatable bonds is 2. The van der Waals surface area contributed by atoms with Gasteiger partial charge in [-0.15, -0.1) is 0 Å². The third-order valence-corrected chi connectivity index (χ3v) is 4.44. The van der Waals surface area contributed by atoms with Crippen LogP contribution in [0.5, 0.6) is 0 Å². The van der Waals surface area contributed by atoms with E-state index in [1.54, 1.807) is 30.3 Å². The summed E-state index contributed by atoms with van der Waals surface area (Å²) in [5.74, 6) is 4.02. The second-order valence-corrected chi connectivity index (χ2v) is 6.48. The number of benzene rings is 2. The first-order valence-corrected chi connectivity index (χ1v) is 8.08. The summed E-state index contributed by atoms with van der Waals surface area (Å²) in [6.07, 6.45) is 0. The highest BCUT2D eigenvalue weighted by Crippen LogP contribution is 2.14. The average Bonchev–Trinajstić information content (AvgIpc) is 2.48. The van der Waals surface area contributed by atoms with Crippen LogP contribution in [0.4, 0.5) is 0 Å². The quantitative estimate of drug-likeness (QED) is 0.864. The highest BCUT2D eigenvalue weighted by molar-refractivity contribution is 7.90. The Labute approximate surface area is 130 Å². The van der Waals surface area contributed by atoms with Gasteiger partial charge in [-0.1, -0.05) is 30.2 Å². The Balaban J connectivity index is 2.17. The summed E-state index contributed by atoms with van der Waals surface area (Å²) < 4.78 is 26.2. The molecule has 22 heavy (non-hydrogen) atoms. The van der Waals surface area contributed by atoms with E-state index in [4.69, 9.17) is 0 Å². The monoisotopic (exact) mass is 313 g/mol. The van der Waals surface area contributed by atoms with Crippen molar-refractivity contribution in [3.8, 4) is 11.8 Å². The van der Waals surface area contributed by atoms with Crippen molar-refractivity contribution in [1.82, 2.24) is 4.72 Å². The predicted octanol–water partition coefficient (Wildman–Crippen LogP) is 2.16. The topological polar surface area (TPSA) is 63.2 Å². The van der Waals surface area contributed by atoms with Crippen molar-refractivity contribution in [2.75, 3.05) is 0 Å². The maximum absolute atomic E-state index is 12.1. The fourth-order valence-electron chi connectivity index (χ4n) is 1.74. The zero-order chi connectivity index (χ0) is 16.2. The first-order chi connectivity index (χ1) is 10.4. The number of nitrogens with one attached hydrogen (secondary N) is 1. The molecule has 0 spiro atoms. The molecule has 0 aliphatic rings. The molecule has 0 fully saturated rings. The number of sulfonamides is 1. The van der Waals surface area contributed by atoms with Crippen LogP contribution >= 0.6 is 0 Å². The van der Waals surface area contributed by atoms with Crippen molar-refractivity contribution in [2.24, 2.45) is 0 Å². The minimum Gasteiger partial charge on any atom is -0.258 e. The minimum absolute atomic E-state index is 0.0467. The lowest BCUT2D eigenvalue weighted by molar-refractivity contribution is -0.114. The van der Waals surface area contributed by atoms with Crippen molar-refractivity contribution in [3.05, 3.63) is 65.2 Å². The van der Waals surface area contributed by atoms with E-state index in [0.29, 0.717) is 5.56 Å². The molecule has 0 saturated carbocycles. The molecule has 112 valence electrons. The Morgan fingerprint density at radius 1 is 1.00 bits per heavy atom. The summed E-state index contributed by atoms with van der Waals surface area (Å²) in [7, 11) is -3.91. The molecular weight excluding hydrogens is 298 g/mol. The molecule has 1 amide bonds. The van der Waals surface area contributed by atoms with Gasteiger partial charge in [0.05, 0.1) is 4.90 Å². The molecule has 0 unspecified atom stereocenters. The number of carbonyl (C=O) groups excluding carboxylic acids is 1. The van der Waals surface area contributed by atoms with Gasteiger partial charge in [0.15, 0.2) is 0 Å². The lowest BCUT2D eigenvalue weighted by Crippen LogP contribution is -2.29. The average molecular weight is 313 g/mol. The third kappa shape index (κ3) is 3.96. The Morgan fingerprint density at radius 2 is 1.68 bits per heavy atom. The summed E-state index contributed by atoms with van der Waals surface area (Å²) in [6.45, 7) is 3.70. The van der Waals surface area contributed by atoms with E-state index in [9.17, 15) is 13.2 Å². The van der Waals surface area contributed by atoms with E-state index < -0.39 is 15.9 Å². The maximum Gasteiger partial charge on any atom is 0.309 e. The van der Waals surface area contributed by atoms with E-state index in [1.807, 2.05) is 24.6 Å². The number of carbonyl (C=O) groups is 1. The highest BCUT2D eigenvalue weighted by atomic mass is 32.2. The van der Waals surface area contributed by atoms with Gasteiger partial charge in [0.25, 0.3) is 10.0 Å². The molecule has 0 saturated heterocycles. The van der Waals surface area contributed by atoms with Gasteiger partial charge < -0.3 is 0 Å². The third-order valence-electron chi connectivity index (χ3n) is 3.11. The van der Waals surface area contributed by atoms with Crippen LogP contribution < -0.4 is 4.72 Å². The van der Waals surface area contributed by atoms with Gasteiger partial charge in [-0.2, -0.15) is 0 Å². The number of amides is 1. The van der Waals surface area contributed by atoms with Crippen molar-refractivity contribution in [2.45, 2.75) is 18.7 Å². The van der Waals surface area contributed by atoms with E-state index in [1.165, 1.54) is 12.1 Å². The number of aryl methyl sites for hydroxylation is 2. The molecule has 0 atom stereocenters. The normalized spacial score (nSPS) is 10.5. The summed E-state index contributed by atoms with van der Waals surface area (Å²) in [6, 6.07) is 13.6. The van der Waals surface area contributed by atoms with Gasteiger partial charge in [-0.05, 0) is 49.2 Å². The zero-order valence-corrected chi connectivity index (χ0v) is 13.1.